The van der Waals surface area contributed by atoms with E-state index in [1.807, 2.05) is 0 Å². The van der Waals surface area contributed by atoms with E-state index in [9.17, 15) is 4.79 Å². The number of amides is 1. The zero-order chi connectivity index (χ0) is 13.4. The second-order valence-electron chi connectivity index (χ2n) is 3.82. The number of hydrogen-bond acceptors (Lipinski definition) is 4. The first kappa shape index (κ1) is 17.5. The first-order chi connectivity index (χ1) is 8.72. The zero-order valence-electron chi connectivity index (χ0n) is 11.3. The van der Waals surface area contributed by atoms with Crippen LogP contribution in [0.3, 0.4) is 0 Å². The average molecular weight is 289 g/mol. The van der Waals surface area contributed by atoms with Crippen molar-refractivity contribution in [3.63, 3.8) is 0 Å². The molecule has 0 aliphatic rings. The minimum Gasteiger partial charge on any atom is -0.497 e. The third-order valence-corrected chi connectivity index (χ3v) is 2.57. The van der Waals surface area contributed by atoms with E-state index in [-0.39, 0.29) is 18.3 Å². The van der Waals surface area contributed by atoms with E-state index in [1.54, 1.807) is 25.3 Å². The van der Waals surface area contributed by atoms with Gasteiger partial charge in [-0.2, -0.15) is 0 Å². The van der Waals surface area contributed by atoms with Crippen LogP contribution in [0.2, 0.25) is 0 Å². The fourth-order valence-corrected chi connectivity index (χ4v) is 1.55. The van der Waals surface area contributed by atoms with Gasteiger partial charge in [0.15, 0.2) is 0 Å². The Bertz CT molecular complexity index is 399. The fraction of sp³-hybridized carbons (Fsp3) is 0.462. The van der Waals surface area contributed by atoms with Crippen molar-refractivity contribution in [2.45, 2.75) is 12.8 Å². The van der Waals surface area contributed by atoms with Crippen LogP contribution in [-0.2, 0) is 0 Å². The lowest BCUT2D eigenvalue weighted by Crippen LogP contribution is -2.25. The monoisotopic (exact) mass is 288 g/mol. The van der Waals surface area contributed by atoms with Crippen LogP contribution >= 0.6 is 12.4 Å². The average Bonchev–Trinajstić information content (AvgIpc) is 2.42. The Hall–Kier alpha value is -1.46. The number of hydrogen-bond donors (Lipinski definition) is 2. The molecule has 1 rings (SSSR count). The van der Waals surface area contributed by atoms with E-state index < -0.39 is 0 Å². The Labute approximate surface area is 119 Å². The summed E-state index contributed by atoms with van der Waals surface area (Å²) in [6, 6.07) is 5.11. The van der Waals surface area contributed by atoms with Crippen molar-refractivity contribution in [1.82, 2.24) is 5.32 Å². The highest BCUT2D eigenvalue weighted by Crippen LogP contribution is 2.24. The summed E-state index contributed by atoms with van der Waals surface area (Å²) in [6.07, 6.45) is 1.78. The fourth-order valence-electron chi connectivity index (χ4n) is 1.55. The smallest absolute Gasteiger partial charge is 0.255 e. The summed E-state index contributed by atoms with van der Waals surface area (Å²) in [6.45, 7) is 1.26. The predicted octanol–water partition coefficient (Wildman–Crippen LogP) is 1.59. The number of halogens is 1. The molecule has 0 aliphatic carbocycles. The summed E-state index contributed by atoms with van der Waals surface area (Å²) in [7, 11) is 3.10. The van der Waals surface area contributed by atoms with Crippen LogP contribution < -0.4 is 20.5 Å². The lowest BCUT2D eigenvalue weighted by Gasteiger charge is -2.10. The van der Waals surface area contributed by atoms with Crippen molar-refractivity contribution >= 4 is 18.3 Å². The minimum absolute atomic E-state index is 0. The Morgan fingerprint density at radius 3 is 2.58 bits per heavy atom. The van der Waals surface area contributed by atoms with Crippen LogP contribution in [-0.4, -0.2) is 33.2 Å². The second kappa shape index (κ2) is 9.47. The molecule has 0 aliphatic heterocycles. The number of rotatable bonds is 7. The molecule has 0 saturated heterocycles. The van der Waals surface area contributed by atoms with Gasteiger partial charge < -0.3 is 20.5 Å². The zero-order valence-corrected chi connectivity index (χ0v) is 12.1. The van der Waals surface area contributed by atoms with E-state index in [0.29, 0.717) is 30.2 Å². The molecular weight excluding hydrogens is 268 g/mol. The highest BCUT2D eigenvalue weighted by atomic mass is 35.5. The van der Waals surface area contributed by atoms with Crippen LogP contribution in [0.1, 0.15) is 23.2 Å². The first-order valence-electron chi connectivity index (χ1n) is 5.93. The van der Waals surface area contributed by atoms with Gasteiger partial charge in [-0.3, -0.25) is 4.79 Å². The molecule has 5 nitrogen and oxygen atoms in total. The maximum Gasteiger partial charge on any atom is 0.255 e. The van der Waals surface area contributed by atoms with Crippen molar-refractivity contribution in [3.8, 4) is 11.5 Å². The lowest BCUT2D eigenvalue weighted by atomic mass is 10.1. The second-order valence-corrected chi connectivity index (χ2v) is 3.82. The predicted molar refractivity (Wildman–Crippen MR) is 77.4 cm³/mol. The van der Waals surface area contributed by atoms with Gasteiger partial charge in [-0.1, -0.05) is 0 Å². The van der Waals surface area contributed by atoms with Gasteiger partial charge in [-0.25, -0.2) is 0 Å². The van der Waals surface area contributed by atoms with Gasteiger partial charge in [0.25, 0.3) is 5.91 Å². The molecule has 6 heteroatoms. The molecule has 1 aromatic rings. The highest BCUT2D eigenvalue weighted by molar-refractivity contribution is 5.97. The van der Waals surface area contributed by atoms with Crippen molar-refractivity contribution < 1.29 is 14.3 Å². The topological polar surface area (TPSA) is 73.6 Å². The summed E-state index contributed by atoms with van der Waals surface area (Å²) >= 11 is 0. The summed E-state index contributed by atoms with van der Waals surface area (Å²) in [5, 5.41) is 2.83. The molecule has 19 heavy (non-hydrogen) atoms. The Kier molecular flexibility index (Phi) is 8.74. The molecule has 0 saturated carbocycles. The van der Waals surface area contributed by atoms with Crippen molar-refractivity contribution in [1.29, 1.82) is 0 Å². The highest BCUT2D eigenvalue weighted by Gasteiger charge is 2.12. The molecule has 0 spiro atoms. The Morgan fingerprint density at radius 2 is 2.00 bits per heavy atom. The molecular formula is C13H21ClN2O3. The molecule has 0 heterocycles. The molecule has 1 amide bonds. The number of nitrogens with one attached hydrogen (secondary N) is 1. The quantitative estimate of drug-likeness (QED) is 0.748. The molecule has 0 bridgehead atoms. The summed E-state index contributed by atoms with van der Waals surface area (Å²) in [5.74, 6) is 1.02. The molecule has 0 fully saturated rings. The summed E-state index contributed by atoms with van der Waals surface area (Å²) < 4.78 is 10.3. The standard InChI is InChI=1S/C13H20N2O3.ClH/c1-17-10-5-6-11(12(9-10)18-2)13(16)15-8-4-3-7-14;/h5-6,9H,3-4,7-8,14H2,1-2H3,(H,15,16);1H. The van der Waals surface area contributed by atoms with Gasteiger partial charge in [-0.05, 0) is 31.5 Å². The number of methoxy groups -OCH3 is 2. The van der Waals surface area contributed by atoms with Gasteiger partial charge >= 0.3 is 0 Å². The van der Waals surface area contributed by atoms with E-state index in [2.05, 4.69) is 5.32 Å². The van der Waals surface area contributed by atoms with Crippen LogP contribution in [0.5, 0.6) is 11.5 Å². The third kappa shape index (κ3) is 5.36. The Morgan fingerprint density at radius 1 is 1.26 bits per heavy atom. The number of carbonyl (C=O) groups excluding carboxylic acids is 1. The SMILES string of the molecule is COc1ccc(C(=O)NCCCCN)c(OC)c1.Cl. The Balaban J connectivity index is 0.00000324. The molecule has 1 aromatic carbocycles. The maximum absolute atomic E-state index is 11.9. The van der Waals surface area contributed by atoms with Crippen LogP contribution in [0.25, 0.3) is 0 Å². The van der Waals surface area contributed by atoms with Crippen molar-refractivity contribution in [2.24, 2.45) is 5.73 Å². The van der Waals surface area contributed by atoms with Crippen molar-refractivity contribution in [3.05, 3.63) is 23.8 Å². The normalized spacial score (nSPS) is 9.42. The largest absolute Gasteiger partial charge is 0.497 e. The molecule has 3 N–H and O–H groups in total. The number of benzene rings is 1. The molecule has 0 radical (unpaired) electrons. The molecule has 0 unspecified atom stereocenters. The molecule has 108 valence electrons. The number of carbonyl (C=O) groups is 1. The summed E-state index contributed by atoms with van der Waals surface area (Å²) in [4.78, 5) is 11.9. The van der Waals surface area contributed by atoms with Gasteiger partial charge in [0.1, 0.15) is 11.5 Å². The van der Waals surface area contributed by atoms with Crippen LogP contribution in [0.15, 0.2) is 18.2 Å². The lowest BCUT2D eigenvalue weighted by molar-refractivity contribution is 0.0950. The summed E-state index contributed by atoms with van der Waals surface area (Å²) in [5.41, 5.74) is 5.89. The van der Waals surface area contributed by atoms with Gasteiger partial charge in [0.05, 0.1) is 19.8 Å². The minimum atomic E-state index is -0.147. The van der Waals surface area contributed by atoms with Gasteiger partial charge in [0.2, 0.25) is 0 Å². The van der Waals surface area contributed by atoms with Crippen LogP contribution in [0, 0.1) is 0 Å². The van der Waals surface area contributed by atoms with Gasteiger partial charge in [-0.15, -0.1) is 12.4 Å². The van der Waals surface area contributed by atoms with Crippen LogP contribution in [0.4, 0.5) is 0 Å². The van der Waals surface area contributed by atoms with E-state index in [4.69, 9.17) is 15.2 Å². The van der Waals surface area contributed by atoms with Crippen molar-refractivity contribution in [2.75, 3.05) is 27.3 Å². The number of ether oxygens (including phenoxy) is 2. The molecule has 0 atom stereocenters. The maximum atomic E-state index is 11.9. The van der Waals surface area contributed by atoms with E-state index in [0.717, 1.165) is 12.8 Å². The third-order valence-electron chi connectivity index (χ3n) is 2.57. The number of nitrogens with two attached hydrogens (primary N) is 1. The van der Waals surface area contributed by atoms with Gasteiger partial charge in [0, 0.05) is 12.6 Å². The first-order valence-corrected chi connectivity index (χ1v) is 5.93. The van der Waals surface area contributed by atoms with E-state index >= 15 is 0 Å². The number of unbranched alkanes of at least 4 members (excludes halogenated alkanes) is 1. The molecule has 0 aromatic heterocycles. The van der Waals surface area contributed by atoms with E-state index in [1.165, 1.54) is 7.11 Å².